The summed E-state index contributed by atoms with van der Waals surface area (Å²) in [7, 11) is -1.30. The fourth-order valence-corrected chi connectivity index (χ4v) is 18.0. The van der Waals surface area contributed by atoms with Crippen molar-refractivity contribution < 1.29 is 21.1 Å². The van der Waals surface area contributed by atoms with Crippen LogP contribution in [0, 0.1) is 0 Å². The third-order valence-electron chi connectivity index (χ3n) is 8.33. The first kappa shape index (κ1) is 36.0. The maximum absolute atomic E-state index is 2.36. The van der Waals surface area contributed by atoms with Gasteiger partial charge in [0.15, 0.2) is 0 Å². The minimum atomic E-state index is -0.384. The van der Waals surface area contributed by atoms with Crippen LogP contribution in [-0.2, 0) is 21.1 Å². The van der Waals surface area contributed by atoms with Gasteiger partial charge < -0.3 is 0 Å². The molecule has 0 atom stereocenters. The van der Waals surface area contributed by atoms with Crippen LogP contribution in [0.1, 0.15) is 0 Å². The summed E-state index contributed by atoms with van der Waals surface area (Å²) >= 11 is 0. The molecule has 0 aliphatic carbocycles. The van der Waals surface area contributed by atoms with Gasteiger partial charge in [-0.3, -0.25) is 0 Å². The molecule has 0 aliphatic heterocycles. The molecule has 6 aromatic carbocycles. The van der Waals surface area contributed by atoms with Crippen molar-refractivity contribution in [2.24, 2.45) is 0 Å². The minimum absolute atomic E-state index is 0. The van der Waals surface area contributed by atoms with E-state index in [1.807, 2.05) is 0 Å². The Morgan fingerprint density at radius 1 is 0.234 bits per heavy atom. The molecule has 0 N–H and O–H groups in total. The third-order valence-corrected chi connectivity index (χ3v) is 19.5. The van der Waals surface area contributed by atoms with Gasteiger partial charge >= 0.3 is 0 Å². The molecule has 0 saturated carbocycles. The summed E-state index contributed by atoms with van der Waals surface area (Å²) in [6.07, 6.45) is 7.76. The Morgan fingerprint density at radius 3 is 0.574 bits per heavy atom. The molecule has 6 aromatic rings. The molecular formula is C42H42P4Pt. The normalized spacial score (nSPS) is 11.2. The summed E-state index contributed by atoms with van der Waals surface area (Å²) in [5.41, 5.74) is 0. The fraction of sp³-hybridized carbons (Fsp3) is 0.143. The molecule has 47 heavy (non-hydrogen) atoms. The molecule has 0 fully saturated rings. The Kier molecular flexibility index (Phi) is 15.1. The molecule has 0 heterocycles. The van der Waals surface area contributed by atoms with E-state index in [0.29, 0.717) is 0 Å². The van der Waals surface area contributed by atoms with E-state index in [4.69, 9.17) is 0 Å². The first-order valence-electron chi connectivity index (χ1n) is 16.2. The van der Waals surface area contributed by atoms with E-state index in [0.717, 1.165) is 0 Å². The Bertz CT molecular complexity index is 1360. The first-order valence-corrected chi connectivity index (χ1v) is 22.7. The van der Waals surface area contributed by atoms with Crippen molar-refractivity contribution in [3.8, 4) is 0 Å². The zero-order chi connectivity index (χ0) is 31.2. The van der Waals surface area contributed by atoms with Crippen molar-refractivity contribution in [2.75, 3.05) is 37.0 Å². The molecule has 0 amide bonds. The number of hydrogen-bond acceptors (Lipinski definition) is 0. The van der Waals surface area contributed by atoms with Crippen LogP contribution in [0.3, 0.4) is 0 Å². The molecule has 240 valence electrons. The molecule has 5 heteroatoms. The van der Waals surface area contributed by atoms with E-state index in [-0.39, 0.29) is 52.8 Å². The van der Waals surface area contributed by atoms with E-state index in [1.165, 1.54) is 68.8 Å². The van der Waals surface area contributed by atoms with E-state index in [1.54, 1.807) is 0 Å². The van der Waals surface area contributed by atoms with Crippen LogP contribution in [0.2, 0.25) is 0 Å². The van der Waals surface area contributed by atoms with Crippen LogP contribution in [0.15, 0.2) is 182 Å². The van der Waals surface area contributed by atoms with E-state index < -0.39 is 0 Å². The summed E-state index contributed by atoms with van der Waals surface area (Å²) in [5, 5.41) is 9.03. The Hall–Kier alpha value is -2.27. The maximum atomic E-state index is 2.36. The standard InChI is InChI=1S/C42H42P4.Pt/c1-7-19-37(20-8-1)44(38-21-9-2-10-22-38)34-31-43(32-35-45(39-23-11-3-12-24-39)40-25-13-4-14-26-40)33-36-46(41-27-15-5-16-28-41)42-29-17-6-18-30-42;/h1-30H,31-36H2;. The predicted molar refractivity (Wildman–Crippen MR) is 213 cm³/mol. The minimum Gasteiger partial charge on any atom is -0.106 e. The van der Waals surface area contributed by atoms with Gasteiger partial charge in [-0.05, 0) is 92.6 Å². The maximum Gasteiger partial charge on any atom is 0 e. The molecule has 0 spiro atoms. The average molecular weight is 866 g/mol. The molecule has 0 unspecified atom stereocenters. The Balaban J connectivity index is 0.00000433. The average Bonchev–Trinajstić information content (AvgIpc) is 3.14. The van der Waals surface area contributed by atoms with Gasteiger partial charge in [-0.25, -0.2) is 0 Å². The van der Waals surface area contributed by atoms with E-state index >= 15 is 0 Å². The van der Waals surface area contributed by atoms with Gasteiger partial charge in [0.25, 0.3) is 0 Å². The zero-order valence-electron chi connectivity index (χ0n) is 26.7. The summed E-state index contributed by atoms with van der Waals surface area (Å²) in [6.45, 7) is 0. The van der Waals surface area contributed by atoms with Crippen molar-refractivity contribution in [1.82, 2.24) is 0 Å². The quantitative estimate of drug-likeness (QED) is 0.0907. The Labute approximate surface area is 301 Å². The van der Waals surface area contributed by atoms with E-state index in [2.05, 4.69) is 182 Å². The molecule has 0 bridgehead atoms. The second kappa shape index (κ2) is 19.7. The summed E-state index contributed by atoms with van der Waals surface area (Å²) in [4.78, 5) is 0. The fourth-order valence-electron chi connectivity index (χ4n) is 5.93. The third kappa shape index (κ3) is 10.6. The van der Waals surface area contributed by atoms with E-state index in [9.17, 15) is 0 Å². The van der Waals surface area contributed by atoms with Crippen LogP contribution >= 0.6 is 31.7 Å². The first-order chi connectivity index (χ1) is 22.8. The molecule has 6 rings (SSSR count). The second-order valence-electron chi connectivity index (χ2n) is 11.3. The summed E-state index contributed by atoms with van der Waals surface area (Å²) < 4.78 is 0. The van der Waals surface area contributed by atoms with Crippen molar-refractivity contribution in [2.45, 2.75) is 0 Å². The number of benzene rings is 6. The molecule has 0 aliphatic rings. The smallest absolute Gasteiger partial charge is 0 e. The SMILES string of the molecule is [Pt].c1ccc(P(CCP(CCP(c2ccccc2)c2ccccc2)CCP(c2ccccc2)c2ccccc2)c2ccccc2)cc1. The largest absolute Gasteiger partial charge is 0.106 e. The molecule has 0 radical (unpaired) electrons. The van der Waals surface area contributed by atoms with Crippen LogP contribution in [0.5, 0.6) is 0 Å². The van der Waals surface area contributed by atoms with Crippen molar-refractivity contribution in [3.63, 3.8) is 0 Å². The van der Waals surface area contributed by atoms with Crippen LogP contribution < -0.4 is 31.8 Å². The predicted octanol–water partition coefficient (Wildman–Crippen LogP) is 8.86. The van der Waals surface area contributed by atoms with Crippen LogP contribution in [0.25, 0.3) is 0 Å². The monoisotopic (exact) mass is 865 g/mol. The second-order valence-corrected chi connectivity index (χ2v) is 21.0. The van der Waals surface area contributed by atoms with Gasteiger partial charge in [-0.2, -0.15) is 0 Å². The van der Waals surface area contributed by atoms with Crippen LogP contribution in [0.4, 0.5) is 0 Å². The van der Waals surface area contributed by atoms with Gasteiger partial charge in [0.2, 0.25) is 0 Å². The Morgan fingerprint density at radius 2 is 0.404 bits per heavy atom. The van der Waals surface area contributed by atoms with Gasteiger partial charge in [-0.1, -0.05) is 182 Å². The molecular weight excluding hydrogens is 823 g/mol. The van der Waals surface area contributed by atoms with Crippen molar-refractivity contribution >= 4 is 63.5 Å². The number of rotatable bonds is 15. The summed E-state index contributed by atoms with van der Waals surface area (Å²) in [5.74, 6) is 0. The van der Waals surface area contributed by atoms with Crippen molar-refractivity contribution in [3.05, 3.63) is 182 Å². The van der Waals surface area contributed by atoms with Crippen LogP contribution in [-0.4, -0.2) is 37.0 Å². The molecule has 0 saturated heterocycles. The summed E-state index contributed by atoms with van der Waals surface area (Å²) in [6, 6.07) is 67.8. The molecule has 0 aromatic heterocycles. The van der Waals surface area contributed by atoms with Gasteiger partial charge in [0, 0.05) is 21.1 Å². The topological polar surface area (TPSA) is 0 Å². The molecule has 0 nitrogen and oxygen atoms in total. The number of hydrogen-bond donors (Lipinski definition) is 0. The van der Waals surface area contributed by atoms with Gasteiger partial charge in [-0.15, -0.1) is 7.92 Å². The van der Waals surface area contributed by atoms with Crippen molar-refractivity contribution in [1.29, 1.82) is 0 Å². The van der Waals surface area contributed by atoms with Gasteiger partial charge in [0.1, 0.15) is 0 Å². The zero-order valence-corrected chi connectivity index (χ0v) is 32.5. The van der Waals surface area contributed by atoms with Gasteiger partial charge in [0.05, 0.1) is 0 Å².